The molecule has 0 aliphatic carbocycles. The van der Waals surface area contributed by atoms with Crippen molar-refractivity contribution in [1.82, 2.24) is 20.2 Å². The van der Waals surface area contributed by atoms with Gasteiger partial charge in [0.15, 0.2) is 17.5 Å². The maximum Gasteiger partial charge on any atom is 0.191 e. The Balaban J connectivity index is 1.55. The quantitative estimate of drug-likeness (QED) is 0.419. The van der Waals surface area contributed by atoms with Gasteiger partial charge in [-0.3, -0.25) is 0 Å². The van der Waals surface area contributed by atoms with Crippen LogP contribution >= 0.6 is 0 Å². The van der Waals surface area contributed by atoms with Crippen molar-refractivity contribution in [3.8, 4) is 5.75 Å². The van der Waals surface area contributed by atoms with Crippen LogP contribution in [0.1, 0.15) is 25.0 Å². The van der Waals surface area contributed by atoms with Crippen LogP contribution in [-0.4, -0.2) is 34.7 Å². The van der Waals surface area contributed by atoms with Crippen molar-refractivity contribution in [3.63, 3.8) is 0 Å². The van der Waals surface area contributed by atoms with Gasteiger partial charge in [0.1, 0.15) is 6.10 Å². The number of hydrogen-bond donors (Lipinski definition) is 2. The normalized spacial score (nSPS) is 12.4. The third kappa shape index (κ3) is 6.62. The smallest absolute Gasteiger partial charge is 0.191 e. The van der Waals surface area contributed by atoms with Gasteiger partial charge in [0.25, 0.3) is 0 Å². The van der Waals surface area contributed by atoms with Crippen LogP contribution < -0.4 is 15.4 Å². The molecule has 7 heteroatoms. The van der Waals surface area contributed by atoms with E-state index in [1.54, 1.807) is 24.4 Å². The summed E-state index contributed by atoms with van der Waals surface area (Å²) < 4.78 is 21.5. The number of para-hydroxylation sites is 1. The Hall–Kier alpha value is -3.35. The first-order valence-corrected chi connectivity index (χ1v) is 10.1. The highest BCUT2D eigenvalue weighted by Gasteiger charge is 2.09. The molecule has 1 heterocycles. The molecular weight excluding hydrogens is 381 g/mol. The lowest BCUT2D eigenvalue weighted by Crippen LogP contribution is -2.41. The van der Waals surface area contributed by atoms with Gasteiger partial charge in [0.2, 0.25) is 0 Å². The van der Waals surface area contributed by atoms with E-state index in [9.17, 15) is 4.39 Å². The molecule has 30 heavy (non-hydrogen) atoms. The lowest BCUT2D eigenvalue weighted by atomic mass is 10.1. The average Bonchev–Trinajstić information content (AvgIpc) is 3.25. The highest BCUT2D eigenvalue weighted by Crippen LogP contribution is 2.16. The predicted molar refractivity (Wildman–Crippen MR) is 117 cm³/mol. The van der Waals surface area contributed by atoms with Crippen LogP contribution in [0.4, 0.5) is 4.39 Å². The van der Waals surface area contributed by atoms with Crippen LogP contribution in [0.25, 0.3) is 0 Å². The maximum absolute atomic E-state index is 13.7. The zero-order valence-electron chi connectivity index (χ0n) is 17.4. The highest BCUT2D eigenvalue weighted by molar-refractivity contribution is 5.79. The zero-order valence-corrected chi connectivity index (χ0v) is 17.4. The Kier molecular flexibility index (Phi) is 7.83. The van der Waals surface area contributed by atoms with Crippen LogP contribution in [0.3, 0.4) is 0 Å². The van der Waals surface area contributed by atoms with E-state index in [1.165, 1.54) is 11.6 Å². The molecule has 1 unspecified atom stereocenters. The first-order chi connectivity index (χ1) is 14.6. The van der Waals surface area contributed by atoms with Crippen LogP contribution in [0.2, 0.25) is 0 Å². The molecular formula is C23H28FN5O. The van der Waals surface area contributed by atoms with Crippen LogP contribution in [0, 0.1) is 5.82 Å². The summed E-state index contributed by atoms with van der Waals surface area (Å²) in [5, 5.41) is 6.49. The molecule has 0 radical (unpaired) electrons. The van der Waals surface area contributed by atoms with Crippen molar-refractivity contribution < 1.29 is 9.13 Å². The monoisotopic (exact) mass is 409 g/mol. The van der Waals surface area contributed by atoms with Crippen molar-refractivity contribution in [2.45, 2.75) is 33.0 Å². The maximum atomic E-state index is 13.7. The number of aromatic nitrogens is 2. The number of nitrogens with zero attached hydrogens (tertiary/aromatic N) is 3. The van der Waals surface area contributed by atoms with Crippen molar-refractivity contribution in [1.29, 1.82) is 0 Å². The summed E-state index contributed by atoms with van der Waals surface area (Å²) in [6.45, 7) is 6.48. The summed E-state index contributed by atoms with van der Waals surface area (Å²) in [4.78, 5) is 8.74. The molecule has 0 spiro atoms. The van der Waals surface area contributed by atoms with Crippen molar-refractivity contribution in [2.75, 3.05) is 13.1 Å². The van der Waals surface area contributed by atoms with Gasteiger partial charge in [-0.1, -0.05) is 36.4 Å². The van der Waals surface area contributed by atoms with Gasteiger partial charge in [0.05, 0.1) is 19.4 Å². The second kappa shape index (κ2) is 11.0. The molecule has 158 valence electrons. The fourth-order valence-electron chi connectivity index (χ4n) is 2.97. The molecule has 0 amide bonds. The molecule has 6 nitrogen and oxygen atoms in total. The number of ether oxygens (including phenoxy) is 1. The van der Waals surface area contributed by atoms with E-state index in [4.69, 9.17) is 4.74 Å². The zero-order chi connectivity index (χ0) is 21.2. The van der Waals surface area contributed by atoms with Gasteiger partial charge in [-0.05, 0) is 37.1 Å². The molecule has 0 bridgehead atoms. The number of nitrogens with one attached hydrogen (secondary N) is 2. The largest absolute Gasteiger partial charge is 0.486 e. The summed E-state index contributed by atoms with van der Waals surface area (Å²) in [5.41, 5.74) is 2.33. The Morgan fingerprint density at radius 3 is 2.77 bits per heavy atom. The van der Waals surface area contributed by atoms with Gasteiger partial charge in [0, 0.05) is 25.5 Å². The van der Waals surface area contributed by atoms with Gasteiger partial charge in [-0.25, -0.2) is 14.4 Å². The van der Waals surface area contributed by atoms with E-state index >= 15 is 0 Å². The minimum Gasteiger partial charge on any atom is -0.486 e. The minimum atomic E-state index is -0.361. The van der Waals surface area contributed by atoms with Gasteiger partial charge in [-0.15, -0.1) is 0 Å². The van der Waals surface area contributed by atoms with Crippen molar-refractivity contribution >= 4 is 5.96 Å². The number of rotatable bonds is 9. The van der Waals surface area contributed by atoms with Crippen molar-refractivity contribution in [2.24, 2.45) is 4.99 Å². The number of aliphatic imine (C=N–C) groups is 1. The molecule has 3 rings (SSSR count). The average molecular weight is 410 g/mol. The summed E-state index contributed by atoms with van der Waals surface area (Å²) in [6.07, 6.45) is 5.31. The lowest BCUT2D eigenvalue weighted by Gasteiger charge is -2.18. The first-order valence-electron chi connectivity index (χ1n) is 10.1. The lowest BCUT2D eigenvalue weighted by molar-refractivity contribution is 0.214. The number of imidazole rings is 1. The Bertz CT molecular complexity index is 942. The fourth-order valence-corrected chi connectivity index (χ4v) is 2.97. The third-order valence-corrected chi connectivity index (χ3v) is 4.40. The molecule has 3 aromatic rings. The molecule has 2 N–H and O–H groups in total. The Labute approximate surface area is 176 Å². The second-order valence-electron chi connectivity index (χ2n) is 6.99. The molecule has 0 aliphatic rings. The molecule has 1 atom stereocenters. The van der Waals surface area contributed by atoms with Gasteiger partial charge >= 0.3 is 0 Å². The summed E-state index contributed by atoms with van der Waals surface area (Å²) in [5.74, 6) is 0.588. The molecule has 2 aromatic carbocycles. The van der Waals surface area contributed by atoms with Crippen LogP contribution in [0.5, 0.6) is 5.75 Å². The van der Waals surface area contributed by atoms with Crippen LogP contribution in [0.15, 0.2) is 72.2 Å². The predicted octanol–water partition coefficient (Wildman–Crippen LogP) is 3.59. The minimum absolute atomic E-state index is 0.218. The van der Waals surface area contributed by atoms with E-state index in [0.29, 0.717) is 19.0 Å². The van der Waals surface area contributed by atoms with E-state index < -0.39 is 0 Å². The summed E-state index contributed by atoms with van der Waals surface area (Å²) in [7, 11) is 0. The topological polar surface area (TPSA) is 63.5 Å². The van der Waals surface area contributed by atoms with E-state index in [1.807, 2.05) is 37.0 Å². The fraction of sp³-hybridized carbons (Fsp3) is 0.304. The van der Waals surface area contributed by atoms with E-state index in [0.717, 1.165) is 18.7 Å². The Morgan fingerprint density at radius 2 is 2.00 bits per heavy atom. The summed E-state index contributed by atoms with van der Waals surface area (Å²) in [6, 6.07) is 14.8. The van der Waals surface area contributed by atoms with Crippen LogP contribution in [-0.2, 0) is 13.1 Å². The standard InChI is InChI=1S/C23H28FN5O/c1-3-26-23(27-14-18(2)30-22-10-5-4-9-21(22)24)28-15-19-7-6-8-20(13-19)16-29-12-11-25-17-29/h4-13,17-18H,3,14-16H2,1-2H3,(H2,26,27,28). The highest BCUT2D eigenvalue weighted by atomic mass is 19.1. The number of hydrogen-bond acceptors (Lipinski definition) is 3. The molecule has 0 saturated heterocycles. The number of benzene rings is 2. The molecule has 0 aliphatic heterocycles. The van der Waals surface area contributed by atoms with Gasteiger partial charge < -0.3 is 19.9 Å². The Morgan fingerprint density at radius 1 is 1.17 bits per heavy atom. The molecule has 0 fully saturated rings. The molecule has 0 saturated carbocycles. The first kappa shape index (κ1) is 21.4. The number of guanidine groups is 1. The second-order valence-corrected chi connectivity index (χ2v) is 6.99. The van der Waals surface area contributed by atoms with E-state index in [2.05, 4.69) is 38.8 Å². The SMILES string of the molecule is CCNC(=NCc1cccc(Cn2ccnc2)c1)NCC(C)Oc1ccccc1F. The molecule has 1 aromatic heterocycles. The third-order valence-electron chi connectivity index (χ3n) is 4.40. The van der Waals surface area contributed by atoms with Gasteiger partial charge in [-0.2, -0.15) is 0 Å². The van der Waals surface area contributed by atoms with Crippen molar-refractivity contribution in [3.05, 3.63) is 84.2 Å². The summed E-state index contributed by atoms with van der Waals surface area (Å²) >= 11 is 0. The number of halogens is 1. The van der Waals surface area contributed by atoms with E-state index in [-0.39, 0.29) is 17.7 Å².